The van der Waals surface area contributed by atoms with E-state index in [1.54, 1.807) is 0 Å². The number of hydrogen-bond donors (Lipinski definition) is 0. The number of piperidine rings is 1. The second kappa shape index (κ2) is 6.32. The molecule has 2 aromatic rings. The second-order valence-corrected chi connectivity index (χ2v) is 7.53. The number of nitrogens with zero attached hydrogens (tertiary/aromatic N) is 5. The SMILES string of the molecule is CC1CCCN(C(=O)CCc2nn3c(C(C)C)nnc3s2)C1. The number of rotatable bonds is 4. The molecule has 0 saturated carbocycles. The van der Waals surface area contributed by atoms with E-state index < -0.39 is 0 Å². The number of aromatic nitrogens is 4. The van der Waals surface area contributed by atoms with Crippen molar-refractivity contribution in [3.63, 3.8) is 0 Å². The van der Waals surface area contributed by atoms with Gasteiger partial charge < -0.3 is 4.90 Å². The minimum atomic E-state index is 0.251. The first-order valence-corrected chi connectivity index (χ1v) is 8.85. The van der Waals surface area contributed by atoms with Gasteiger partial charge in [0, 0.05) is 31.8 Å². The standard InChI is InChI=1S/C15H23N5OS/c1-10(2)14-16-17-15-20(14)18-12(22-15)6-7-13(21)19-8-4-5-11(3)9-19/h10-11H,4-9H2,1-3H3. The summed E-state index contributed by atoms with van der Waals surface area (Å²) in [4.78, 5) is 15.1. The Balaban J connectivity index is 1.62. The van der Waals surface area contributed by atoms with Gasteiger partial charge in [-0.25, -0.2) is 0 Å². The Hall–Kier alpha value is -1.50. The molecule has 1 saturated heterocycles. The van der Waals surface area contributed by atoms with Crippen LogP contribution in [0.15, 0.2) is 0 Å². The van der Waals surface area contributed by atoms with Gasteiger partial charge >= 0.3 is 0 Å². The highest BCUT2D eigenvalue weighted by atomic mass is 32.1. The molecular weight excluding hydrogens is 298 g/mol. The first-order valence-electron chi connectivity index (χ1n) is 8.03. The summed E-state index contributed by atoms with van der Waals surface area (Å²) >= 11 is 1.53. The molecule has 1 unspecified atom stereocenters. The van der Waals surface area contributed by atoms with Gasteiger partial charge in [-0.05, 0) is 18.8 Å². The van der Waals surface area contributed by atoms with Gasteiger partial charge in [-0.2, -0.15) is 9.61 Å². The van der Waals surface area contributed by atoms with Crippen LogP contribution >= 0.6 is 11.3 Å². The zero-order valence-electron chi connectivity index (χ0n) is 13.4. The van der Waals surface area contributed by atoms with Gasteiger partial charge in [-0.3, -0.25) is 4.79 Å². The lowest BCUT2D eigenvalue weighted by atomic mass is 10.00. The number of hydrogen-bond acceptors (Lipinski definition) is 5. The summed E-state index contributed by atoms with van der Waals surface area (Å²) in [5.41, 5.74) is 0. The van der Waals surface area contributed by atoms with Crippen molar-refractivity contribution in [3.05, 3.63) is 10.8 Å². The number of carbonyl (C=O) groups is 1. The maximum absolute atomic E-state index is 12.3. The van der Waals surface area contributed by atoms with Crippen LogP contribution in [-0.4, -0.2) is 43.7 Å². The van der Waals surface area contributed by atoms with Gasteiger partial charge in [0.05, 0.1) is 0 Å². The highest BCUT2D eigenvalue weighted by Gasteiger charge is 2.21. The lowest BCUT2D eigenvalue weighted by Gasteiger charge is -2.30. The first kappa shape index (κ1) is 15.4. The molecule has 1 aliphatic heterocycles. The molecule has 7 heteroatoms. The second-order valence-electron chi connectivity index (χ2n) is 6.49. The fraction of sp³-hybridized carbons (Fsp3) is 0.733. The van der Waals surface area contributed by atoms with Gasteiger partial charge in [0.2, 0.25) is 10.9 Å². The summed E-state index contributed by atoms with van der Waals surface area (Å²) in [6, 6.07) is 0. The molecular formula is C15H23N5OS. The smallest absolute Gasteiger partial charge is 0.234 e. The zero-order chi connectivity index (χ0) is 15.7. The van der Waals surface area contributed by atoms with Crippen molar-refractivity contribution in [2.24, 2.45) is 5.92 Å². The Morgan fingerprint density at radius 2 is 2.23 bits per heavy atom. The van der Waals surface area contributed by atoms with Gasteiger partial charge in [-0.15, -0.1) is 10.2 Å². The Bertz CT molecular complexity index is 662. The molecule has 22 heavy (non-hydrogen) atoms. The summed E-state index contributed by atoms with van der Waals surface area (Å²) in [5.74, 6) is 2.05. The fourth-order valence-electron chi connectivity index (χ4n) is 2.92. The largest absolute Gasteiger partial charge is 0.342 e. The van der Waals surface area contributed by atoms with Crippen LogP contribution in [0.5, 0.6) is 0 Å². The molecule has 120 valence electrons. The maximum atomic E-state index is 12.3. The van der Waals surface area contributed by atoms with E-state index in [4.69, 9.17) is 0 Å². The Labute approximate surface area is 134 Å². The van der Waals surface area contributed by atoms with Crippen LogP contribution in [0.1, 0.15) is 56.8 Å². The van der Waals surface area contributed by atoms with Crippen molar-refractivity contribution >= 4 is 22.2 Å². The average Bonchev–Trinajstić information content (AvgIpc) is 3.04. The lowest BCUT2D eigenvalue weighted by Crippen LogP contribution is -2.39. The van der Waals surface area contributed by atoms with Crippen LogP contribution in [0, 0.1) is 5.92 Å². The summed E-state index contributed by atoms with van der Waals surface area (Å²) in [7, 11) is 0. The molecule has 3 rings (SSSR count). The Kier molecular flexibility index (Phi) is 4.42. The van der Waals surface area contributed by atoms with Crippen LogP contribution in [0.2, 0.25) is 0 Å². The lowest BCUT2D eigenvalue weighted by molar-refractivity contribution is -0.132. The normalized spacial score (nSPS) is 19.3. The topological polar surface area (TPSA) is 63.4 Å². The number of carbonyl (C=O) groups excluding carboxylic acids is 1. The van der Waals surface area contributed by atoms with Gasteiger partial charge in [0.25, 0.3) is 0 Å². The highest BCUT2D eigenvalue weighted by molar-refractivity contribution is 7.16. The Morgan fingerprint density at radius 3 is 2.95 bits per heavy atom. The quantitative estimate of drug-likeness (QED) is 0.868. The van der Waals surface area contributed by atoms with Crippen molar-refractivity contribution in [2.45, 2.75) is 52.4 Å². The minimum Gasteiger partial charge on any atom is -0.342 e. The number of aryl methyl sites for hydroxylation is 1. The van der Waals surface area contributed by atoms with E-state index in [1.807, 2.05) is 9.42 Å². The van der Waals surface area contributed by atoms with Crippen LogP contribution in [0.4, 0.5) is 0 Å². The molecule has 2 aromatic heterocycles. The molecule has 1 atom stereocenters. The van der Waals surface area contributed by atoms with Crippen LogP contribution < -0.4 is 0 Å². The fourth-order valence-corrected chi connectivity index (χ4v) is 3.76. The molecule has 1 aliphatic rings. The van der Waals surface area contributed by atoms with Crippen LogP contribution in [-0.2, 0) is 11.2 Å². The van der Waals surface area contributed by atoms with E-state index in [1.165, 1.54) is 17.8 Å². The van der Waals surface area contributed by atoms with Gasteiger partial charge in [0.15, 0.2) is 5.82 Å². The third-order valence-electron chi connectivity index (χ3n) is 4.14. The summed E-state index contributed by atoms with van der Waals surface area (Å²) in [6.45, 7) is 8.19. The third kappa shape index (κ3) is 3.14. The van der Waals surface area contributed by atoms with Crippen molar-refractivity contribution < 1.29 is 4.79 Å². The monoisotopic (exact) mass is 321 g/mol. The first-order chi connectivity index (χ1) is 10.5. The molecule has 0 aromatic carbocycles. The van der Waals surface area contributed by atoms with Crippen molar-refractivity contribution in [1.82, 2.24) is 24.7 Å². The zero-order valence-corrected chi connectivity index (χ0v) is 14.3. The summed E-state index contributed by atoms with van der Waals surface area (Å²) in [6.07, 6.45) is 3.59. The molecule has 0 spiro atoms. The van der Waals surface area contributed by atoms with E-state index in [0.717, 1.165) is 35.3 Å². The van der Waals surface area contributed by atoms with E-state index in [9.17, 15) is 4.79 Å². The molecule has 0 N–H and O–H groups in total. The summed E-state index contributed by atoms with van der Waals surface area (Å²) < 4.78 is 1.82. The molecule has 6 nitrogen and oxygen atoms in total. The molecule has 1 amide bonds. The molecule has 0 radical (unpaired) electrons. The van der Waals surface area contributed by atoms with Crippen molar-refractivity contribution in [3.8, 4) is 0 Å². The molecule has 3 heterocycles. The summed E-state index contributed by atoms with van der Waals surface area (Å²) in [5, 5.41) is 13.8. The number of likely N-dealkylation sites (tertiary alicyclic amines) is 1. The molecule has 0 bridgehead atoms. The Morgan fingerprint density at radius 1 is 1.41 bits per heavy atom. The predicted molar refractivity (Wildman–Crippen MR) is 86.0 cm³/mol. The van der Waals surface area contributed by atoms with Gasteiger partial charge in [-0.1, -0.05) is 32.1 Å². The minimum absolute atomic E-state index is 0.251. The van der Waals surface area contributed by atoms with Crippen molar-refractivity contribution in [1.29, 1.82) is 0 Å². The van der Waals surface area contributed by atoms with Crippen molar-refractivity contribution in [2.75, 3.05) is 13.1 Å². The van der Waals surface area contributed by atoms with E-state index >= 15 is 0 Å². The van der Waals surface area contributed by atoms with Crippen LogP contribution in [0.25, 0.3) is 4.96 Å². The average molecular weight is 321 g/mol. The van der Waals surface area contributed by atoms with E-state index in [2.05, 4.69) is 36.1 Å². The highest BCUT2D eigenvalue weighted by Crippen LogP contribution is 2.21. The maximum Gasteiger partial charge on any atom is 0.234 e. The van der Waals surface area contributed by atoms with Crippen LogP contribution in [0.3, 0.4) is 0 Å². The van der Waals surface area contributed by atoms with E-state index in [0.29, 0.717) is 24.7 Å². The predicted octanol–water partition coefficient (Wildman–Crippen LogP) is 2.50. The third-order valence-corrected chi connectivity index (χ3v) is 5.09. The molecule has 1 fully saturated rings. The number of amides is 1. The number of fused-ring (bicyclic) bond motifs is 1. The molecule has 0 aliphatic carbocycles. The van der Waals surface area contributed by atoms with Gasteiger partial charge in [0.1, 0.15) is 5.01 Å². The van der Waals surface area contributed by atoms with E-state index in [-0.39, 0.29) is 5.91 Å².